The van der Waals surface area contributed by atoms with Gasteiger partial charge in [0.05, 0.1) is 11.7 Å². The molecule has 0 fully saturated rings. The van der Waals surface area contributed by atoms with Gasteiger partial charge in [-0.3, -0.25) is 9.69 Å². The Morgan fingerprint density at radius 1 is 1.12 bits per heavy atom. The molecular weight excluding hydrogens is 399 g/mol. The van der Waals surface area contributed by atoms with Crippen LogP contribution in [0.1, 0.15) is 30.0 Å². The first kappa shape index (κ1) is 17.0. The predicted octanol–water partition coefficient (Wildman–Crippen LogP) is 4.81. The van der Waals surface area contributed by atoms with E-state index in [0.29, 0.717) is 35.4 Å². The van der Waals surface area contributed by atoms with Gasteiger partial charge in [0.1, 0.15) is 6.67 Å². The van der Waals surface area contributed by atoms with E-state index in [1.807, 2.05) is 24.3 Å². The van der Waals surface area contributed by atoms with Gasteiger partial charge in [0.2, 0.25) is 0 Å². The molecule has 0 aromatic heterocycles. The molecule has 2 aliphatic rings. The Hall–Kier alpha value is -2.47. The molecule has 26 heavy (non-hydrogen) atoms. The lowest BCUT2D eigenvalue weighted by atomic mass is 9.95. The summed E-state index contributed by atoms with van der Waals surface area (Å²) in [4.78, 5) is 26.9. The minimum absolute atomic E-state index is 0.0413. The number of nitrogens with zero attached hydrogens (tertiary/aromatic N) is 1. The van der Waals surface area contributed by atoms with Crippen molar-refractivity contribution in [1.29, 1.82) is 0 Å². The van der Waals surface area contributed by atoms with Crippen LogP contribution >= 0.6 is 15.9 Å². The largest absolute Gasteiger partial charge is 0.327 e. The molecule has 0 saturated heterocycles. The molecule has 4 nitrogen and oxygen atoms in total. The zero-order valence-corrected chi connectivity index (χ0v) is 15.4. The van der Waals surface area contributed by atoms with Crippen molar-refractivity contribution >= 4 is 33.4 Å². The van der Waals surface area contributed by atoms with Crippen LogP contribution in [-0.2, 0) is 11.5 Å². The van der Waals surface area contributed by atoms with Gasteiger partial charge in [0.15, 0.2) is 5.78 Å². The molecular formula is C20H16BrFN2O2. The van der Waals surface area contributed by atoms with Gasteiger partial charge in [-0.15, -0.1) is 0 Å². The monoisotopic (exact) mass is 414 g/mol. The summed E-state index contributed by atoms with van der Waals surface area (Å²) in [6.07, 6.45) is 0.889. The van der Waals surface area contributed by atoms with Gasteiger partial charge in [-0.1, -0.05) is 40.2 Å². The van der Waals surface area contributed by atoms with Crippen LogP contribution in [0.25, 0.3) is 0 Å². The van der Waals surface area contributed by atoms with Crippen LogP contribution in [0.15, 0.2) is 64.3 Å². The number of hydrogen-bond donors (Lipinski definition) is 1. The summed E-state index contributed by atoms with van der Waals surface area (Å²) in [5, 5.41) is 2.94. The Balaban J connectivity index is 1.81. The van der Waals surface area contributed by atoms with Crippen LogP contribution in [-0.4, -0.2) is 11.8 Å². The maximum atomic E-state index is 13.0. The Morgan fingerprint density at radius 2 is 1.88 bits per heavy atom. The number of nitrogens with one attached hydrogen (secondary N) is 1. The summed E-state index contributed by atoms with van der Waals surface area (Å²) in [7, 11) is 0. The van der Waals surface area contributed by atoms with Gasteiger partial charge in [-0.05, 0) is 41.8 Å². The molecule has 1 unspecified atom stereocenters. The number of carbonyl (C=O) groups excluding carboxylic acids is 2. The van der Waals surface area contributed by atoms with Crippen LogP contribution in [0.4, 0.5) is 14.9 Å². The van der Waals surface area contributed by atoms with E-state index < -0.39 is 12.7 Å². The summed E-state index contributed by atoms with van der Waals surface area (Å²) in [5.74, 6) is 0.0413. The average Bonchev–Trinajstić information content (AvgIpc) is 3.03. The number of halogens is 2. The van der Waals surface area contributed by atoms with E-state index in [2.05, 4.69) is 21.2 Å². The van der Waals surface area contributed by atoms with Crippen molar-refractivity contribution < 1.29 is 14.0 Å². The highest BCUT2D eigenvalue weighted by atomic mass is 79.9. The number of benzene rings is 2. The summed E-state index contributed by atoms with van der Waals surface area (Å²) in [5.41, 5.74) is 3.27. The fourth-order valence-corrected chi connectivity index (χ4v) is 3.83. The van der Waals surface area contributed by atoms with Crippen molar-refractivity contribution in [2.45, 2.75) is 25.6 Å². The Bertz CT molecular complexity index is 924. The number of alkyl halides is 1. The number of Topliss-reactive ketones (excluding diaryl/α,β-unsaturated/α-hetero) is 1. The molecule has 132 valence electrons. The van der Waals surface area contributed by atoms with Crippen molar-refractivity contribution in [3.8, 4) is 0 Å². The normalized spacial score (nSPS) is 19.6. The standard InChI is InChI=1S/C20H16BrFN2O2/c21-14-6-4-13(5-7-14)19-18-16(8-9-17(18)25)24(20(26)23-19)15-3-1-2-12(10-15)11-22/h1-7,10,19H,8-9,11H2,(H,23,26). The van der Waals surface area contributed by atoms with Crippen LogP contribution in [0.5, 0.6) is 0 Å². The maximum Gasteiger partial charge on any atom is 0.327 e. The van der Waals surface area contributed by atoms with E-state index in [1.54, 1.807) is 24.3 Å². The van der Waals surface area contributed by atoms with E-state index in [9.17, 15) is 14.0 Å². The van der Waals surface area contributed by atoms with E-state index in [4.69, 9.17) is 0 Å². The minimum atomic E-state index is -0.602. The fourth-order valence-electron chi connectivity index (χ4n) is 3.56. The number of hydrogen-bond acceptors (Lipinski definition) is 2. The molecule has 0 saturated carbocycles. The lowest BCUT2D eigenvalue weighted by molar-refractivity contribution is -0.115. The highest BCUT2D eigenvalue weighted by Crippen LogP contribution is 2.40. The fraction of sp³-hybridized carbons (Fsp3) is 0.200. The van der Waals surface area contributed by atoms with Crippen LogP contribution in [0.2, 0.25) is 0 Å². The van der Waals surface area contributed by atoms with E-state index in [0.717, 1.165) is 10.0 Å². The van der Waals surface area contributed by atoms with Crippen molar-refractivity contribution in [1.82, 2.24) is 5.32 Å². The van der Waals surface area contributed by atoms with E-state index in [1.165, 1.54) is 4.90 Å². The molecule has 1 aliphatic heterocycles. The number of anilines is 1. The summed E-state index contributed by atoms with van der Waals surface area (Å²) in [6, 6.07) is 13.6. The molecule has 1 N–H and O–H groups in total. The maximum absolute atomic E-state index is 13.0. The molecule has 1 atom stereocenters. The quantitative estimate of drug-likeness (QED) is 0.783. The lowest BCUT2D eigenvalue weighted by Gasteiger charge is -2.34. The van der Waals surface area contributed by atoms with Gasteiger partial charge in [0, 0.05) is 22.2 Å². The van der Waals surface area contributed by atoms with Crippen molar-refractivity contribution in [2.24, 2.45) is 0 Å². The summed E-state index contributed by atoms with van der Waals surface area (Å²) >= 11 is 3.40. The second-order valence-corrected chi connectivity index (χ2v) is 7.27. The number of urea groups is 1. The highest BCUT2D eigenvalue weighted by Gasteiger charge is 2.41. The second kappa shape index (κ2) is 6.68. The summed E-state index contributed by atoms with van der Waals surface area (Å²) in [6.45, 7) is -0.602. The molecule has 6 heteroatoms. The molecule has 1 aliphatic carbocycles. The third kappa shape index (κ3) is 2.84. The molecule has 1 heterocycles. The zero-order chi connectivity index (χ0) is 18.3. The molecule has 2 aromatic rings. The van der Waals surface area contributed by atoms with Crippen molar-refractivity contribution in [2.75, 3.05) is 4.90 Å². The molecule has 0 bridgehead atoms. The first-order valence-electron chi connectivity index (χ1n) is 8.35. The third-order valence-electron chi connectivity index (χ3n) is 4.76. The van der Waals surface area contributed by atoms with Gasteiger partial charge in [-0.25, -0.2) is 9.18 Å². The topological polar surface area (TPSA) is 49.4 Å². The summed E-state index contributed by atoms with van der Waals surface area (Å²) < 4.78 is 14.0. The molecule has 4 rings (SSSR count). The van der Waals surface area contributed by atoms with E-state index >= 15 is 0 Å². The number of ketones is 1. The number of carbonyl (C=O) groups is 2. The van der Waals surface area contributed by atoms with Gasteiger partial charge >= 0.3 is 6.03 Å². The zero-order valence-electron chi connectivity index (χ0n) is 13.8. The average molecular weight is 415 g/mol. The first-order chi connectivity index (χ1) is 12.6. The Kier molecular flexibility index (Phi) is 4.36. The number of allylic oxidation sites excluding steroid dienone is 1. The van der Waals surface area contributed by atoms with Gasteiger partial charge in [0.25, 0.3) is 0 Å². The Labute approximate surface area is 158 Å². The lowest BCUT2D eigenvalue weighted by Crippen LogP contribution is -2.47. The van der Waals surface area contributed by atoms with Crippen LogP contribution < -0.4 is 10.2 Å². The highest BCUT2D eigenvalue weighted by molar-refractivity contribution is 9.10. The predicted molar refractivity (Wildman–Crippen MR) is 100 cm³/mol. The third-order valence-corrected chi connectivity index (χ3v) is 5.28. The smallest absolute Gasteiger partial charge is 0.326 e. The van der Waals surface area contributed by atoms with Crippen LogP contribution in [0, 0.1) is 0 Å². The molecule has 2 amide bonds. The SMILES string of the molecule is O=C1CCC2=C1C(c1ccc(Br)cc1)NC(=O)N2c1cccc(CF)c1. The van der Waals surface area contributed by atoms with Crippen molar-refractivity contribution in [3.63, 3.8) is 0 Å². The number of amides is 2. The molecule has 0 spiro atoms. The van der Waals surface area contributed by atoms with Gasteiger partial charge in [-0.2, -0.15) is 0 Å². The first-order valence-corrected chi connectivity index (χ1v) is 9.15. The Morgan fingerprint density at radius 3 is 2.62 bits per heavy atom. The number of rotatable bonds is 3. The minimum Gasteiger partial charge on any atom is -0.326 e. The van der Waals surface area contributed by atoms with Crippen molar-refractivity contribution in [3.05, 3.63) is 75.4 Å². The molecule has 2 aromatic carbocycles. The van der Waals surface area contributed by atoms with Crippen LogP contribution in [0.3, 0.4) is 0 Å². The van der Waals surface area contributed by atoms with E-state index in [-0.39, 0.29) is 11.8 Å². The molecule has 0 radical (unpaired) electrons. The second-order valence-electron chi connectivity index (χ2n) is 6.36. The van der Waals surface area contributed by atoms with Gasteiger partial charge < -0.3 is 5.32 Å².